The molecular formula is C36H41N3O7. The van der Waals surface area contributed by atoms with Gasteiger partial charge in [0.25, 0.3) is 5.91 Å². The molecule has 1 spiro atoms. The number of carbonyl (C=O) groups is 4. The smallest absolute Gasteiger partial charge is 0.313 e. The van der Waals surface area contributed by atoms with Crippen LogP contribution in [0.15, 0.2) is 72.8 Å². The highest BCUT2D eigenvalue weighted by Gasteiger charge is 2.71. The van der Waals surface area contributed by atoms with E-state index in [1.807, 2.05) is 74.5 Å². The summed E-state index contributed by atoms with van der Waals surface area (Å²) >= 11 is 0. The summed E-state index contributed by atoms with van der Waals surface area (Å²) in [5, 5.41) is 12.4. The van der Waals surface area contributed by atoms with Crippen LogP contribution in [0.4, 0.5) is 5.69 Å². The maximum absolute atomic E-state index is 14.7. The fourth-order valence-corrected chi connectivity index (χ4v) is 7.47. The molecule has 46 heavy (non-hydrogen) atoms. The predicted octanol–water partition coefficient (Wildman–Crippen LogP) is 3.31. The fraction of sp³-hybridized carbons (Fsp3) is 0.444. The minimum absolute atomic E-state index is 0.0423. The zero-order valence-corrected chi connectivity index (χ0v) is 26.3. The molecule has 10 nitrogen and oxygen atoms in total. The molecule has 242 valence electrons. The Morgan fingerprint density at radius 3 is 2.46 bits per heavy atom. The highest BCUT2D eigenvalue weighted by molar-refractivity contribution is 6.06. The number of ether oxygens (including phenoxy) is 2. The first-order valence-electron chi connectivity index (χ1n) is 16.1. The molecule has 6 rings (SSSR count). The van der Waals surface area contributed by atoms with Gasteiger partial charge in [-0.2, -0.15) is 0 Å². The van der Waals surface area contributed by atoms with Gasteiger partial charge in [0.15, 0.2) is 0 Å². The minimum Gasteiger partial charge on any atom is -0.455 e. The lowest BCUT2D eigenvalue weighted by molar-refractivity contribution is -0.159. The number of anilines is 1. The van der Waals surface area contributed by atoms with Crippen molar-refractivity contribution in [1.82, 2.24) is 10.2 Å². The zero-order chi connectivity index (χ0) is 32.4. The van der Waals surface area contributed by atoms with Crippen LogP contribution in [0.2, 0.25) is 0 Å². The van der Waals surface area contributed by atoms with Crippen molar-refractivity contribution in [3.8, 4) is 0 Å². The van der Waals surface area contributed by atoms with Crippen LogP contribution in [0.25, 0.3) is 0 Å². The quantitative estimate of drug-likeness (QED) is 0.286. The third-order valence-corrected chi connectivity index (χ3v) is 9.56. The summed E-state index contributed by atoms with van der Waals surface area (Å²) in [4.78, 5) is 59.4. The Morgan fingerprint density at radius 1 is 0.957 bits per heavy atom. The number of aliphatic hydroxyl groups excluding tert-OH is 1. The lowest BCUT2D eigenvalue weighted by Crippen LogP contribution is -2.55. The van der Waals surface area contributed by atoms with E-state index < -0.39 is 41.7 Å². The Labute approximate surface area is 269 Å². The highest BCUT2D eigenvalue weighted by atomic mass is 16.6. The Kier molecular flexibility index (Phi) is 9.11. The van der Waals surface area contributed by atoms with E-state index in [1.54, 1.807) is 22.0 Å². The summed E-state index contributed by atoms with van der Waals surface area (Å²) in [5.74, 6) is -3.46. The summed E-state index contributed by atoms with van der Waals surface area (Å²) in [6, 6.07) is 14.0. The largest absolute Gasteiger partial charge is 0.455 e. The molecule has 2 fully saturated rings. The molecule has 3 amide bonds. The van der Waals surface area contributed by atoms with Crippen LogP contribution in [0.3, 0.4) is 0 Å². The number of hydrogen-bond donors (Lipinski definition) is 2. The van der Waals surface area contributed by atoms with Gasteiger partial charge in [-0.05, 0) is 49.8 Å². The summed E-state index contributed by atoms with van der Waals surface area (Å²) < 4.78 is 12.9. The lowest BCUT2D eigenvalue weighted by Gasteiger charge is -2.36. The Balaban J connectivity index is 1.43. The molecule has 6 atom stereocenters. The summed E-state index contributed by atoms with van der Waals surface area (Å²) in [5.41, 5.74) is 1.94. The number of para-hydroxylation sites is 1. The molecule has 0 radical (unpaired) electrons. The molecule has 0 aromatic heterocycles. The molecule has 2 saturated heterocycles. The van der Waals surface area contributed by atoms with Crippen LogP contribution in [-0.4, -0.2) is 77.7 Å². The number of amides is 3. The molecule has 2 aromatic rings. The second-order valence-electron chi connectivity index (χ2n) is 12.5. The van der Waals surface area contributed by atoms with Crippen LogP contribution in [0, 0.1) is 25.7 Å². The van der Waals surface area contributed by atoms with Crippen LogP contribution in [-0.2, 0) is 28.7 Å². The lowest BCUT2D eigenvalue weighted by atomic mass is 9.77. The Bertz CT molecular complexity index is 1540. The van der Waals surface area contributed by atoms with Crippen molar-refractivity contribution in [2.24, 2.45) is 11.8 Å². The van der Waals surface area contributed by atoms with Crippen LogP contribution >= 0.6 is 0 Å². The van der Waals surface area contributed by atoms with E-state index in [-0.39, 0.29) is 50.4 Å². The standard InChI is InChI=1S/C36H41N3O7/c1-23-12-10-13-24(2)31(23)38-20-11-18-36-30(33(42)39(19-8-9-21-40)32(36)34(38)43)29-26(46-36)16-6-7-17-28(41)37-22-27(45-35(29)44)25-14-4-3-5-15-25/h3-6,10-16,18,26-27,29-30,32,40H,7-9,17,19-22H2,1-2H3,(H,37,41)/b16-6-/t26-,27+,29+,30+,32-,36+/m1/s1. The molecule has 4 aliphatic rings. The van der Waals surface area contributed by atoms with Gasteiger partial charge in [0.05, 0.1) is 18.6 Å². The number of cyclic esters (lactones) is 1. The fourth-order valence-electron chi connectivity index (χ4n) is 7.47. The van der Waals surface area contributed by atoms with Gasteiger partial charge in [0.1, 0.15) is 23.7 Å². The molecule has 2 N–H and O–H groups in total. The first-order valence-corrected chi connectivity index (χ1v) is 16.1. The minimum atomic E-state index is -1.42. The van der Waals surface area contributed by atoms with Crippen LogP contribution < -0.4 is 10.2 Å². The molecule has 4 heterocycles. The first-order chi connectivity index (χ1) is 22.3. The number of unbranched alkanes of at least 4 members (excludes halogenated alkanes) is 1. The van der Waals surface area contributed by atoms with Gasteiger partial charge in [0, 0.05) is 31.8 Å². The predicted molar refractivity (Wildman–Crippen MR) is 170 cm³/mol. The monoisotopic (exact) mass is 627 g/mol. The molecule has 2 aromatic carbocycles. The van der Waals surface area contributed by atoms with Crippen molar-refractivity contribution in [2.45, 2.75) is 63.4 Å². The van der Waals surface area contributed by atoms with E-state index in [1.165, 1.54) is 0 Å². The Hall–Kier alpha value is -4.28. The zero-order valence-electron chi connectivity index (χ0n) is 26.3. The van der Waals surface area contributed by atoms with Gasteiger partial charge in [-0.1, -0.05) is 72.8 Å². The number of fused-ring (bicyclic) bond motifs is 2. The maximum Gasteiger partial charge on any atom is 0.313 e. The second-order valence-corrected chi connectivity index (χ2v) is 12.5. The molecule has 0 aliphatic carbocycles. The number of esters is 1. The Morgan fingerprint density at radius 2 is 1.72 bits per heavy atom. The van der Waals surface area contributed by atoms with Gasteiger partial charge in [-0.3, -0.25) is 19.2 Å². The normalized spacial score (nSPS) is 30.4. The number of aryl methyl sites for hydroxylation is 2. The van der Waals surface area contributed by atoms with Gasteiger partial charge < -0.3 is 29.7 Å². The number of hydrogen-bond acceptors (Lipinski definition) is 7. The molecule has 10 heteroatoms. The molecule has 0 bridgehead atoms. The summed E-state index contributed by atoms with van der Waals surface area (Å²) in [6.07, 6.45) is 7.16. The van der Waals surface area contributed by atoms with E-state index in [2.05, 4.69) is 5.32 Å². The molecular weight excluding hydrogens is 586 g/mol. The van der Waals surface area contributed by atoms with Crippen molar-refractivity contribution < 1.29 is 33.8 Å². The van der Waals surface area contributed by atoms with E-state index in [0.29, 0.717) is 24.8 Å². The average molecular weight is 628 g/mol. The van der Waals surface area contributed by atoms with E-state index >= 15 is 0 Å². The van der Waals surface area contributed by atoms with Gasteiger partial charge in [-0.25, -0.2) is 0 Å². The van der Waals surface area contributed by atoms with E-state index in [4.69, 9.17) is 9.47 Å². The van der Waals surface area contributed by atoms with Crippen molar-refractivity contribution in [2.75, 3.05) is 31.1 Å². The number of likely N-dealkylation sites (tertiary alicyclic amines) is 1. The number of carbonyl (C=O) groups excluding carboxylic acids is 4. The maximum atomic E-state index is 14.7. The highest BCUT2D eigenvalue weighted by Crippen LogP contribution is 2.53. The molecule has 0 saturated carbocycles. The van der Waals surface area contributed by atoms with Gasteiger partial charge >= 0.3 is 5.97 Å². The summed E-state index contributed by atoms with van der Waals surface area (Å²) in [7, 11) is 0. The first kappa shape index (κ1) is 31.7. The number of benzene rings is 2. The van der Waals surface area contributed by atoms with Crippen molar-refractivity contribution >= 4 is 29.4 Å². The number of aliphatic hydroxyl groups is 1. The van der Waals surface area contributed by atoms with Crippen LogP contribution in [0.5, 0.6) is 0 Å². The number of nitrogens with zero attached hydrogens (tertiary/aromatic N) is 2. The van der Waals surface area contributed by atoms with E-state index in [0.717, 1.165) is 16.8 Å². The van der Waals surface area contributed by atoms with Crippen molar-refractivity contribution in [3.63, 3.8) is 0 Å². The number of rotatable bonds is 6. The SMILES string of the molecule is Cc1cccc(C)c1N1CC=C[C@]23O[C@@H]4/C=C\CCC(=O)NC[C@@H](c5ccccc5)OC(=O)[C@@H]4[C@H]2C(=O)N(CCCCO)[C@@H]3C1=O. The van der Waals surface area contributed by atoms with Crippen molar-refractivity contribution in [1.29, 1.82) is 0 Å². The van der Waals surface area contributed by atoms with Gasteiger partial charge in [-0.15, -0.1) is 0 Å². The number of nitrogens with one attached hydrogen (secondary N) is 1. The molecule has 0 unspecified atom stereocenters. The average Bonchev–Trinajstić information content (AvgIpc) is 3.42. The van der Waals surface area contributed by atoms with Gasteiger partial charge in [0.2, 0.25) is 11.8 Å². The third-order valence-electron chi connectivity index (χ3n) is 9.56. The molecule has 4 aliphatic heterocycles. The van der Waals surface area contributed by atoms with Crippen molar-refractivity contribution in [3.05, 3.63) is 89.5 Å². The number of allylic oxidation sites excluding steroid dienone is 1. The second kappa shape index (κ2) is 13.2. The van der Waals surface area contributed by atoms with E-state index in [9.17, 15) is 24.3 Å². The third kappa shape index (κ3) is 5.64. The topological polar surface area (TPSA) is 125 Å². The summed E-state index contributed by atoms with van der Waals surface area (Å²) in [6.45, 7) is 4.45. The van der Waals surface area contributed by atoms with Crippen LogP contribution in [0.1, 0.15) is 48.5 Å².